The zero-order valence-corrected chi connectivity index (χ0v) is 17.8. The van der Waals surface area contributed by atoms with Gasteiger partial charge in [0.1, 0.15) is 17.3 Å². The van der Waals surface area contributed by atoms with Gasteiger partial charge in [0.05, 0.1) is 25.3 Å². The molecular formula is C24H24N6O2. The molecule has 0 aliphatic rings. The molecule has 0 radical (unpaired) electrons. The van der Waals surface area contributed by atoms with Crippen LogP contribution < -0.4 is 32.0 Å². The van der Waals surface area contributed by atoms with Crippen molar-refractivity contribution in [3.63, 3.8) is 0 Å². The summed E-state index contributed by atoms with van der Waals surface area (Å²) in [6.07, 6.45) is 3.24. The number of nitrogens with zero attached hydrogens (tertiary/aromatic N) is 2. The van der Waals surface area contributed by atoms with E-state index in [1.54, 1.807) is 32.4 Å². The van der Waals surface area contributed by atoms with Crippen LogP contribution in [-0.4, -0.2) is 24.2 Å². The molecule has 0 saturated carbocycles. The van der Waals surface area contributed by atoms with E-state index in [9.17, 15) is 0 Å². The van der Waals surface area contributed by atoms with Crippen LogP contribution in [0.3, 0.4) is 0 Å². The number of para-hydroxylation sites is 1. The molecule has 0 spiro atoms. The first-order valence-electron chi connectivity index (χ1n) is 9.87. The van der Waals surface area contributed by atoms with Gasteiger partial charge in [0, 0.05) is 22.3 Å². The molecule has 0 bridgehead atoms. The van der Waals surface area contributed by atoms with Crippen LogP contribution in [-0.2, 0) is 0 Å². The van der Waals surface area contributed by atoms with Gasteiger partial charge in [-0.3, -0.25) is 0 Å². The van der Waals surface area contributed by atoms with Crippen LogP contribution >= 0.6 is 0 Å². The quantitative estimate of drug-likeness (QED) is 0.336. The highest BCUT2D eigenvalue weighted by molar-refractivity contribution is 6.01. The summed E-state index contributed by atoms with van der Waals surface area (Å²) in [7, 11) is 3.22. The third-order valence-electron chi connectivity index (χ3n) is 5.01. The van der Waals surface area contributed by atoms with E-state index in [1.807, 2.05) is 42.5 Å². The highest BCUT2D eigenvalue weighted by Crippen LogP contribution is 2.43. The fourth-order valence-electron chi connectivity index (χ4n) is 3.53. The van der Waals surface area contributed by atoms with Crippen LogP contribution in [0.4, 0.5) is 23.1 Å². The summed E-state index contributed by atoms with van der Waals surface area (Å²) in [5.41, 5.74) is 22.2. The third-order valence-corrected chi connectivity index (χ3v) is 5.01. The molecule has 1 heterocycles. The van der Waals surface area contributed by atoms with Crippen molar-refractivity contribution >= 4 is 40.1 Å². The van der Waals surface area contributed by atoms with E-state index >= 15 is 0 Å². The Kier molecular flexibility index (Phi) is 5.67. The Bertz CT molecular complexity index is 1280. The maximum Gasteiger partial charge on any atom is 0.229 e. The van der Waals surface area contributed by atoms with Crippen molar-refractivity contribution in [3.8, 4) is 22.6 Å². The number of hydrogen-bond acceptors (Lipinski definition) is 8. The van der Waals surface area contributed by atoms with Crippen LogP contribution in [0.15, 0.2) is 60.8 Å². The topological polar surface area (TPSA) is 134 Å². The number of hydrogen-bond donors (Lipinski definition) is 4. The zero-order chi connectivity index (χ0) is 22.7. The van der Waals surface area contributed by atoms with Crippen molar-refractivity contribution in [2.24, 2.45) is 5.73 Å². The predicted molar refractivity (Wildman–Crippen MR) is 130 cm³/mol. The summed E-state index contributed by atoms with van der Waals surface area (Å²) >= 11 is 0. The fourth-order valence-corrected chi connectivity index (χ4v) is 3.53. The number of methoxy groups -OCH3 is 2. The van der Waals surface area contributed by atoms with Gasteiger partial charge < -0.3 is 32.0 Å². The molecule has 0 atom stereocenters. The summed E-state index contributed by atoms with van der Waals surface area (Å²) in [5, 5.41) is 3.91. The Hall–Kier alpha value is -4.46. The van der Waals surface area contributed by atoms with Gasteiger partial charge in [-0.05, 0) is 60.3 Å². The molecule has 4 rings (SSSR count). The van der Waals surface area contributed by atoms with E-state index in [-0.39, 0.29) is 0 Å². The van der Waals surface area contributed by atoms with Gasteiger partial charge >= 0.3 is 0 Å². The number of benzene rings is 3. The molecular weight excluding hydrogens is 404 g/mol. The Morgan fingerprint density at radius 1 is 0.906 bits per heavy atom. The van der Waals surface area contributed by atoms with Crippen LogP contribution in [0.5, 0.6) is 11.5 Å². The number of nitrogens with one attached hydrogen (secondary N) is 1. The minimum absolute atomic E-state index is 0.357. The van der Waals surface area contributed by atoms with Gasteiger partial charge in [-0.25, -0.2) is 4.98 Å². The SMILES string of the molecule is COc1cc(/C=C/N)cc(OC)c1-c1cccc2c(N)nc(Nc3ccc(N)cc3)nc12. The monoisotopic (exact) mass is 428 g/mol. The molecule has 32 heavy (non-hydrogen) atoms. The lowest BCUT2D eigenvalue weighted by molar-refractivity contribution is 0.397. The minimum Gasteiger partial charge on any atom is -0.496 e. The first-order valence-corrected chi connectivity index (χ1v) is 9.87. The molecule has 7 N–H and O–H groups in total. The Labute approximate surface area is 185 Å². The molecule has 162 valence electrons. The molecule has 0 unspecified atom stereocenters. The Morgan fingerprint density at radius 3 is 2.22 bits per heavy atom. The first-order chi connectivity index (χ1) is 15.5. The largest absolute Gasteiger partial charge is 0.496 e. The van der Waals surface area contributed by atoms with Crippen molar-refractivity contribution in [1.29, 1.82) is 0 Å². The summed E-state index contributed by atoms with van der Waals surface area (Å²) in [6.45, 7) is 0. The fraction of sp³-hybridized carbons (Fsp3) is 0.0833. The summed E-state index contributed by atoms with van der Waals surface area (Å²) < 4.78 is 11.4. The van der Waals surface area contributed by atoms with Gasteiger partial charge in [0.25, 0.3) is 0 Å². The summed E-state index contributed by atoms with van der Waals surface area (Å²) in [6, 6.07) is 16.8. The van der Waals surface area contributed by atoms with Crippen LogP contribution in [0.2, 0.25) is 0 Å². The van der Waals surface area contributed by atoms with Gasteiger partial charge in [-0.15, -0.1) is 0 Å². The molecule has 3 aromatic carbocycles. The number of nitrogens with two attached hydrogens (primary N) is 3. The number of aromatic nitrogens is 2. The lowest BCUT2D eigenvalue weighted by Gasteiger charge is -2.17. The second kappa shape index (κ2) is 8.73. The van der Waals surface area contributed by atoms with Crippen molar-refractivity contribution in [1.82, 2.24) is 9.97 Å². The van der Waals surface area contributed by atoms with Gasteiger partial charge in [-0.1, -0.05) is 12.1 Å². The van der Waals surface area contributed by atoms with Gasteiger partial charge in [0.2, 0.25) is 5.95 Å². The standard InChI is InChI=1S/C24H24N6O2/c1-31-19-12-14(10-11-25)13-20(32-2)21(19)17-4-3-5-18-22(17)29-24(30-23(18)27)28-16-8-6-15(26)7-9-16/h3-13H,25-26H2,1-2H3,(H3,27,28,29,30)/b11-10+. The van der Waals surface area contributed by atoms with Crippen molar-refractivity contribution in [2.75, 3.05) is 31.0 Å². The first kappa shape index (κ1) is 20.8. The lowest BCUT2D eigenvalue weighted by atomic mass is 9.98. The van der Waals surface area contributed by atoms with Crippen LogP contribution in [0.1, 0.15) is 5.56 Å². The third kappa shape index (κ3) is 3.93. The molecule has 0 aliphatic carbocycles. The van der Waals surface area contributed by atoms with Crippen LogP contribution in [0, 0.1) is 0 Å². The van der Waals surface area contributed by atoms with E-state index < -0.39 is 0 Å². The Balaban J connectivity index is 1.92. The van der Waals surface area contributed by atoms with Crippen LogP contribution in [0.25, 0.3) is 28.1 Å². The summed E-state index contributed by atoms with van der Waals surface area (Å²) in [5.74, 6) is 1.97. The molecule has 8 nitrogen and oxygen atoms in total. The van der Waals surface area contributed by atoms with E-state index in [1.165, 1.54) is 6.20 Å². The average Bonchev–Trinajstić information content (AvgIpc) is 2.80. The number of nitrogen functional groups attached to an aromatic ring is 2. The minimum atomic E-state index is 0.357. The maximum atomic E-state index is 6.29. The van der Waals surface area contributed by atoms with E-state index in [4.69, 9.17) is 31.7 Å². The highest BCUT2D eigenvalue weighted by atomic mass is 16.5. The van der Waals surface area contributed by atoms with E-state index in [2.05, 4.69) is 10.3 Å². The molecule has 0 saturated heterocycles. The maximum absolute atomic E-state index is 6.29. The smallest absolute Gasteiger partial charge is 0.229 e. The molecule has 8 heteroatoms. The zero-order valence-electron chi connectivity index (χ0n) is 17.8. The molecule has 0 amide bonds. The second-order valence-corrected chi connectivity index (χ2v) is 7.04. The predicted octanol–water partition coefficient (Wildman–Crippen LogP) is 4.15. The highest BCUT2D eigenvalue weighted by Gasteiger charge is 2.19. The van der Waals surface area contributed by atoms with Crippen molar-refractivity contribution in [3.05, 3.63) is 66.4 Å². The number of rotatable bonds is 6. The number of fused-ring (bicyclic) bond motifs is 1. The Morgan fingerprint density at radius 2 is 1.59 bits per heavy atom. The number of ether oxygens (including phenoxy) is 2. The molecule has 0 fully saturated rings. The van der Waals surface area contributed by atoms with Gasteiger partial charge in [0.15, 0.2) is 0 Å². The van der Waals surface area contributed by atoms with E-state index in [0.29, 0.717) is 34.5 Å². The molecule has 4 aromatic rings. The lowest BCUT2D eigenvalue weighted by Crippen LogP contribution is -2.03. The van der Waals surface area contributed by atoms with Gasteiger partial charge in [-0.2, -0.15) is 4.98 Å². The van der Waals surface area contributed by atoms with Crippen molar-refractivity contribution in [2.45, 2.75) is 0 Å². The second-order valence-electron chi connectivity index (χ2n) is 7.04. The average molecular weight is 428 g/mol. The normalized spacial score (nSPS) is 11.1. The molecule has 0 aliphatic heterocycles. The van der Waals surface area contributed by atoms with E-state index in [0.717, 1.165) is 27.8 Å². The summed E-state index contributed by atoms with van der Waals surface area (Å²) in [4.78, 5) is 9.18. The van der Waals surface area contributed by atoms with Crippen molar-refractivity contribution < 1.29 is 9.47 Å². The molecule has 1 aromatic heterocycles. The number of anilines is 4.